The van der Waals surface area contributed by atoms with Crippen LogP contribution in [-0.4, -0.2) is 16.2 Å². The predicted octanol–water partition coefficient (Wildman–Crippen LogP) is 5.13. The van der Waals surface area contributed by atoms with Gasteiger partial charge < -0.3 is 5.11 Å². The number of nitro groups is 1. The van der Waals surface area contributed by atoms with Gasteiger partial charge >= 0.3 is 6.18 Å². The van der Waals surface area contributed by atoms with Crippen LogP contribution in [0.2, 0.25) is 0 Å². The van der Waals surface area contributed by atoms with Crippen molar-refractivity contribution in [2.24, 2.45) is 5.10 Å². The summed E-state index contributed by atoms with van der Waals surface area (Å²) >= 11 is 5.06. The molecule has 2 N–H and O–H groups in total. The highest BCUT2D eigenvalue weighted by Gasteiger charge is 2.33. The number of rotatable bonds is 4. The molecule has 11 heteroatoms. The van der Waals surface area contributed by atoms with Gasteiger partial charge in [-0.1, -0.05) is 0 Å². The number of nitrogens with zero attached hydrogens (tertiary/aromatic N) is 2. The Balaban J connectivity index is 2.27. The third-order valence-electron chi connectivity index (χ3n) is 2.96. The molecule has 0 saturated heterocycles. The van der Waals surface area contributed by atoms with Gasteiger partial charge in [0.15, 0.2) is 0 Å². The minimum absolute atomic E-state index is 0.0593. The number of nitrogens with one attached hydrogen (secondary N) is 1. The van der Waals surface area contributed by atoms with E-state index in [-0.39, 0.29) is 11.4 Å². The molecule has 0 bridgehead atoms. The smallest absolute Gasteiger partial charge is 0.416 e. The van der Waals surface area contributed by atoms with E-state index < -0.39 is 22.4 Å². The summed E-state index contributed by atoms with van der Waals surface area (Å²) in [6.07, 6.45) is -3.37. The topological polar surface area (TPSA) is 87.8 Å². The van der Waals surface area contributed by atoms with Gasteiger partial charge in [0.1, 0.15) is 11.4 Å². The maximum atomic E-state index is 12.6. The Morgan fingerprint density at radius 1 is 1.32 bits per heavy atom. The number of alkyl halides is 3. The van der Waals surface area contributed by atoms with Crippen molar-refractivity contribution < 1.29 is 23.2 Å². The first kappa shape index (κ1) is 19.4. The Hall–Kier alpha value is -1.89. The number of hydrazone groups is 1. The molecule has 0 saturated carbocycles. The molecular weight excluding hydrogens is 522 g/mol. The lowest BCUT2D eigenvalue weighted by atomic mass is 10.1. The van der Waals surface area contributed by atoms with Gasteiger partial charge in [-0.05, 0) is 68.3 Å². The van der Waals surface area contributed by atoms with Crippen LogP contribution in [0.25, 0.3) is 0 Å². The molecule has 0 amide bonds. The number of aromatic hydroxyl groups is 1. The second-order valence-corrected chi connectivity index (χ2v) is 6.71. The average molecular weight is 530 g/mol. The molecule has 0 aliphatic heterocycles. The molecule has 0 heterocycles. The highest BCUT2D eigenvalue weighted by Crippen LogP contribution is 2.35. The highest BCUT2D eigenvalue weighted by atomic mass is 127. The zero-order valence-corrected chi connectivity index (χ0v) is 15.8. The first-order valence-corrected chi connectivity index (χ1v) is 8.29. The van der Waals surface area contributed by atoms with Gasteiger partial charge in [0.25, 0.3) is 5.69 Å². The van der Waals surface area contributed by atoms with Crippen LogP contribution in [0.4, 0.5) is 24.5 Å². The summed E-state index contributed by atoms with van der Waals surface area (Å²) in [6.45, 7) is 0. The molecule has 0 aliphatic rings. The molecule has 0 atom stereocenters. The molecule has 0 spiro atoms. The van der Waals surface area contributed by atoms with E-state index in [2.05, 4.69) is 26.5 Å². The fraction of sp³-hybridized carbons (Fsp3) is 0.0714. The van der Waals surface area contributed by atoms with Crippen molar-refractivity contribution in [3.05, 3.63) is 59.6 Å². The van der Waals surface area contributed by atoms with Gasteiger partial charge in [-0.25, -0.2) is 0 Å². The maximum absolute atomic E-state index is 12.6. The third-order valence-corrected chi connectivity index (χ3v) is 4.39. The lowest BCUT2D eigenvalue weighted by Gasteiger charge is -2.08. The van der Waals surface area contributed by atoms with Crippen molar-refractivity contribution in [3.8, 4) is 5.75 Å². The lowest BCUT2D eigenvalue weighted by molar-refractivity contribution is -0.384. The van der Waals surface area contributed by atoms with Crippen molar-refractivity contribution in [2.75, 3.05) is 5.43 Å². The zero-order valence-electron chi connectivity index (χ0n) is 12.0. The molecule has 0 aliphatic carbocycles. The Kier molecular flexibility index (Phi) is 5.87. The Morgan fingerprint density at radius 3 is 2.56 bits per heavy atom. The zero-order chi connectivity index (χ0) is 18.8. The number of phenols is 1. The SMILES string of the molecule is O=[N+]([O-])c1cc(C(F)(F)F)ccc1N/N=C\c1cc(Br)c(O)c(I)c1. The monoisotopic (exact) mass is 529 g/mol. The van der Waals surface area contributed by atoms with Gasteiger partial charge in [-0.2, -0.15) is 18.3 Å². The molecule has 0 aromatic heterocycles. The van der Waals surface area contributed by atoms with E-state index in [1.807, 2.05) is 22.6 Å². The Labute approximate surface area is 161 Å². The highest BCUT2D eigenvalue weighted by molar-refractivity contribution is 14.1. The van der Waals surface area contributed by atoms with Gasteiger partial charge in [0.05, 0.1) is 24.7 Å². The fourth-order valence-electron chi connectivity index (χ4n) is 1.79. The largest absolute Gasteiger partial charge is 0.506 e. The summed E-state index contributed by atoms with van der Waals surface area (Å²) in [5.74, 6) is 0.0593. The van der Waals surface area contributed by atoms with E-state index in [9.17, 15) is 28.4 Å². The first-order chi connectivity index (χ1) is 11.6. The number of phenolic OH excluding ortho intramolecular Hbond substituents is 1. The number of halogens is 5. The van der Waals surface area contributed by atoms with Gasteiger partial charge in [0, 0.05) is 6.07 Å². The van der Waals surface area contributed by atoms with E-state index in [4.69, 9.17) is 0 Å². The summed E-state index contributed by atoms with van der Waals surface area (Å²) in [5.41, 5.74) is 0.881. The van der Waals surface area contributed by atoms with Crippen LogP contribution in [0, 0.1) is 13.7 Å². The molecule has 2 aromatic carbocycles. The number of hydrogen-bond donors (Lipinski definition) is 2. The second-order valence-electron chi connectivity index (χ2n) is 4.69. The minimum atomic E-state index is -4.68. The van der Waals surface area contributed by atoms with Crippen LogP contribution in [0.15, 0.2) is 39.9 Å². The molecule has 2 aromatic rings. The Morgan fingerprint density at radius 2 is 2.00 bits per heavy atom. The molecule has 6 nitrogen and oxygen atoms in total. The van der Waals surface area contributed by atoms with E-state index in [0.717, 1.165) is 12.1 Å². The molecule has 25 heavy (non-hydrogen) atoms. The summed E-state index contributed by atoms with van der Waals surface area (Å²) in [6, 6.07) is 5.27. The fourth-order valence-corrected chi connectivity index (χ4v) is 3.29. The van der Waals surface area contributed by atoms with Crippen molar-refractivity contribution in [1.82, 2.24) is 0 Å². The summed E-state index contributed by atoms with van der Waals surface area (Å²) < 4.78 is 38.9. The van der Waals surface area contributed by atoms with Gasteiger partial charge in [-0.15, -0.1) is 0 Å². The van der Waals surface area contributed by atoms with Crippen LogP contribution in [0.1, 0.15) is 11.1 Å². The molecular formula is C14H8BrF3IN3O3. The number of nitro benzene ring substituents is 1. The minimum Gasteiger partial charge on any atom is -0.506 e. The quantitative estimate of drug-likeness (QED) is 0.249. The molecule has 2 rings (SSSR count). The van der Waals surface area contributed by atoms with Crippen molar-refractivity contribution >= 4 is 56.1 Å². The van der Waals surface area contributed by atoms with E-state index in [1.165, 1.54) is 6.21 Å². The van der Waals surface area contributed by atoms with E-state index in [1.54, 1.807) is 12.1 Å². The van der Waals surface area contributed by atoms with Gasteiger partial charge in [0.2, 0.25) is 0 Å². The summed E-state index contributed by atoms with van der Waals surface area (Å²) in [4.78, 5) is 10.0. The summed E-state index contributed by atoms with van der Waals surface area (Å²) in [7, 11) is 0. The van der Waals surface area contributed by atoms with E-state index in [0.29, 0.717) is 19.7 Å². The average Bonchev–Trinajstić information content (AvgIpc) is 2.51. The molecule has 0 unspecified atom stereocenters. The molecule has 0 fully saturated rings. The van der Waals surface area contributed by atoms with Crippen LogP contribution in [0.5, 0.6) is 5.75 Å². The van der Waals surface area contributed by atoms with Crippen LogP contribution in [0.3, 0.4) is 0 Å². The molecule has 0 radical (unpaired) electrons. The van der Waals surface area contributed by atoms with Crippen LogP contribution < -0.4 is 5.43 Å². The lowest BCUT2D eigenvalue weighted by Crippen LogP contribution is -2.06. The third kappa shape index (κ3) is 4.81. The van der Waals surface area contributed by atoms with Crippen LogP contribution >= 0.6 is 38.5 Å². The summed E-state index contributed by atoms with van der Waals surface area (Å²) in [5, 5.41) is 24.4. The molecule has 132 valence electrons. The Bertz CT molecular complexity index is 836. The number of benzene rings is 2. The number of anilines is 1. The number of hydrogen-bond acceptors (Lipinski definition) is 5. The maximum Gasteiger partial charge on any atom is 0.416 e. The standard InChI is InChI=1S/C14H8BrF3IN3O3/c15-9-3-7(4-10(19)13(9)23)6-20-21-11-2-1-8(14(16,17)18)5-12(11)22(24)25/h1-6,21,23H/b20-6-. The van der Waals surface area contributed by atoms with Crippen molar-refractivity contribution in [2.45, 2.75) is 6.18 Å². The first-order valence-electron chi connectivity index (χ1n) is 6.42. The van der Waals surface area contributed by atoms with E-state index >= 15 is 0 Å². The van der Waals surface area contributed by atoms with Crippen molar-refractivity contribution in [3.63, 3.8) is 0 Å². The predicted molar refractivity (Wildman–Crippen MR) is 97.8 cm³/mol. The second kappa shape index (κ2) is 7.56. The van der Waals surface area contributed by atoms with Crippen LogP contribution in [-0.2, 0) is 6.18 Å². The normalized spacial score (nSPS) is 11.7. The van der Waals surface area contributed by atoms with Gasteiger partial charge in [-0.3, -0.25) is 15.5 Å². The van der Waals surface area contributed by atoms with Crippen molar-refractivity contribution in [1.29, 1.82) is 0 Å².